The largest absolute Gasteiger partial charge is 0.418 e. The minimum atomic E-state index is -4.58. The van der Waals surface area contributed by atoms with Gasteiger partial charge in [0.05, 0.1) is 23.3 Å². The Morgan fingerprint density at radius 1 is 1.43 bits per heavy atom. The number of rotatable bonds is 4. The lowest BCUT2D eigenvalue weighted by Crippen LogP contribution is -2.42. The zero-order valence-electron chi connectivity index (χ0n) is 11.6. The monoisotopic (exact) mass is 302 g/mol. The lowest BCUT2D eigenvalue weighted by atomic mass is 9.77. The number of nitrogens with two attached hydrogens (primary N) is 1. The van der Waals surface area contributed by atoms with Crippen LogP contribution in [0.15, 0.2) is 18.2 Å². The summed E-state index contributed by atoms with van der Waals surface area (Å²) in [6, 6.07) is 3.29. The van der Waals surface area contributed by atoms with Crippen LogP contribution in [-0.4, -0.2) is 18.6 Å². The Morgan fingerprint density at radius 2 is 2.10 bits per heavy atom. The summed E-state index contributed by atoms with van der Waals surface area (Å²) < 4.78 is 44.1. The quantitative estimate of drug-likeness (QED) is 0.840. The zero-order chi connectivity index (χ0) is 15.7. The molecule has 1 aromatic rings. The van der Waals surface area contributed by atoms with Gasteiger partial charge in [-0.25, -0.2) is 0 Å². The molecule has 4 nitrogen and oxygen atoms in total. The van der Waals surface area contributed by atoms with Gasteiger partial charge in [0, 0.05) is 12.8 Å². The number of benzene rings is 1. The van der Waals surface area contributed by atoms with Gasteiger partial charge in [0.15, 0.2) is 0 Å². The van der Waals surface area contributed by atoms with Gasteiger partial charge in [0.1, 0.15) is 0 Å². The third-order valence-corrected chi connectivity index (χ3v) is 3.80. The second-order valence-electron chi connectivity index (χ2n) is 5.27. The molecule has 3 N–H and O–H groups in total. The number of hydrogen-bond donors (Lipinski definition) is 2. The van der Waals surface area contributed by atoms with E-state index in [-0.39, 0.29) is 17.8 Å². The number of ether oxygens (including phenoxy) is 1. The van der Waals surface area contributed by atoms with Crippen LogP contribution in [0.25, 0.3) is 0 Å². The van der Waals surface area contributed by atoms with Gasteiger partial charge in [0.2, 0.25) is 5.91 Å². The van der Waals surface area contributed by atoms with E-state index in [1.807, 2.05) is 0 Å². The van der Waals surface area contributed by atoms with E-state index < -0.39 is 23.2 Å². The van der Waals surface area contributed by atoms with Crippen LogP contribution in [0.3, 0.4) is 0 Å². The number of methoxy groups -OCH3 is 1. The number of halogens is 3. The van der Waals surface area contributed by atoms with Gasteiger partial charge in [0.25, 0.3) is 0 Å². The normalized spacial score (nSPS) is 17.1. The third kappa shape index (κ3) is 3.47. The molecule has 0 spiro atoms. The van der Waals surface area contributed by atoms with Crippen LogP contribution in [-0.2, 0) is 15.7 Å². The van der Waals surface area contributed by atoms with Crippen molar-refractivity contribution in [3.8, 4) is 0 Å². The lowest BCUT2D eigenvalue weighted by Gasteiger charge is -2.39. The van der Waals surface area contributed by atoms with Crippen molar-refractivity contribution in [3.05, 3.63) is 23.8 Å². The van der Waals surface area contributed by atoms with Crippen molar-refractivity contribution in [1.82, 2.24) is 0 Å². The van der Waals surface area contributed by atoms with Crippen molar-refractivity contribution in [2.45, 2.75) is 37.5 Å². The first-order valence-electron chi connectivity index (χ1n) is 6.57. The van der Waals surface area contributed by atoms with Crippen molar-refractivity contribution in [1.29, 1.82) is 0 Å². The van der Waals surface area contributed by atoms with E-state index in [1.54, 1.807) is 0 Å². The average Bonchev–Trinajstić information content (AvgIpc) is 2.35. The Hall–Kier alpha value is -1.76. The molecule has 21 heavy (non-hydrogen) atoms. The number of alkyl halides is 3. The van der Waals surface area contributed by atoms with E-state index in [9.17, 15) is 18.0 Å². The highest BCUT2D eigenvalue weighted by atomic mass is 19.4. The van der Waals surface area contributed by atoms with Crippen LogP contribution < -0.4 is 11.1 Å². The Labute approximate surface area is 120 Å². The molecule has 1 aliphatic rings. The second kappa shape index (κ2) is 5.55. The van der Waals surface area contributed by atoms with Gasteiger partial charge in [-0.05, 0) is 37.5 Å². The molecular weight excluding hydrogens is 285 g/mol. The molecule has 0 heterocycles. The number of nitrogens with one attached hydrogen (secondary N) is 1. The molecule has 1 fully saturated rings. The van der Waals surface area contributed by atoms with Crippen molar-refractivity contribution in [2.24, 2.45) is 0 Å². The average molecular weight is 302 g/mol. The van der Waals surface area contributed by atoms with Crippen LogP contribution in [0.5, 0.6) is 0 Å². The van der Waals surface area contributed by atoms with Gasteiger partial charge < -0.3 is 15.8 Å². The third-order valence-electron chi connectivity index (χ3n) is 3.80. The van der Waals surface area contributed by atoms with E-state index in [1.165, 1.54) is 13.2 Å². The fraction of sp³-hybridized carbons (Fsp3) is 0.500. The second-order valence-corrected chi connectivity index (χ2v) is 5.27. The molecule has 0 bridgehead atoms. The predicted molar refractivity (Wildman–Crippen MR) is 72.7 cm³/mol. The number of anilines is 2. The molecule has 0 aromatic heterocycles. The number of carbonyl (C=O) groups is 1. The van der Waals surface area contributed by atoms with E-state index in [2.05, 4.69) is 5.32 Å². The lowest BCUT2D eigenvalue weighted by molar-refractivity contribution is -0.137. The molecule has 116 valence electrons. The van der Waals surface area contributed by atoms with Gasteiger partial charge >= 0.3 is 6.18 Å². The molecule has 7 heteroatoms. The minimum Gasteiger partial charge on any atom is -0.399 e. The van der Waals surface area contributed by atoms with Gasteiger partial charge in [-0.2, -0.15) is 13.2 Å². The fourth-order valence-electron chi connectivity index (χ4n) is 2.42. The Kier molecular flexibility index (Phi) is 4.13. The van der Waals surface area contributed by atoms with E-state index in [4.69, 9.17) is 10.5 Å². The summed E-state index contributed by atoms with van der Waals surface area (Å²) in [6.07, 6.45) is -2.09. The van der Waals surface area contributed by atoms with Crippen LogP contribution in [0.4, 0.5) is 24.5 Å². The topological polar surface area (TPSA) is 64.3 Å². The smallest absolute Gasteiger partial charge is 0.399 e. The maximum Gasteiger partial charge on any atom is 0.418 e. The van der Waals surface area contributed by atoms with Crippen molar-refractivity contribution in [2.75, 3.05) is 18.2 Å². The van der Waals surface area contributed by atoms with Crippen LogP contribution in [0.1, 0.15) is 31.2 Å². The van der Waals surface area contributed by atoms with Gasteiger partial charge in [-0.3, -0.25) is 4.79 Å². The van der Waals surface area contributed by atoms with Crippen molar-refractivity contribution in [3.63, 3.8) is 0 Å². The van der Waals surface area contributed by atoms with Crippen LogP contribution >= 0.6 is 0 Å². The SMILES string of the molecule is COC1(CC(=O)Nc2ccc(N)cc2C(F)(F)F)CCC1. The molecule has 1 aromatic carbocycles. The molecule has 0 unspecified atom stereocenters. The van der Waals surface area contributed by atoms with Crippen LogP contribution in [0.2, 0.25) is 0 Å². The zero-order valence-corrected chi connectivity index (χ0v) is 11.6. The number of nitrogen functional groups attached to an aromatic ring is 1. The molecular formula is C14H17F3N2O2. The first kappa shape index (κ1) is 15.6. The van der Waals surface area contributed by atoms with E-state index >= 15 is 0 Å². The molecule has 0 radical (unpaired) electrons. The van der Waals surface area contributed by atoms with E-state index in [0.717, 1.165) is 31.4 Å². The maximum absolute atomic E-state index is 12.9. The summed E-state index contributed by atoms with van der Waals surface area (Å²) in [7, 11) is 1.51. The van der Waals surface area contributed by atoms with Gasteiger partial charge in [-0.1, -0.05) is 0 Å². The van der Waals surface area contributed by atoms with Gasteiger partial charge in [-0.15, -0.1) is 0 Å². The Morgan fingerprint density at radius 3 is 2.57 bits per heavy atom. The standard InChI is InChI=1S/C14H17F3N2O2/c1-21-13(5-2-6-13)8-12(20)19-11-4-3-9(18)7-10(11)14(15,16)17/h3-4,7H,2,5-6,8,18H2,1H3,(H,19,20). The van der Waals surface area contributed by atoms with Crippen LogP contribution in [0, 0.1) is 0 Å². The molecule has 0 saturated heterocycles. The highest BCUT2D eigenvalue weighted by molar-refractivity contribution is 5.92. The highest BCUT2D eigenvalue weighted by Crippen LogP contribution is 2.39. The molecule has 1 amide bonds. The number of amides is 1. The highest BCUT2D eigenvalue weighted by Gasteiger charge is 2.40. The molecule has 1 saturated carbocycles. The Bertz CT molecular complexity index is 534. The Balaban J connectivity index is 2.14. The fourth-order valence-corrected chi connectivity index (χ4v) is 2.42. The van der Waals surface area contributed by atoms with Crippen molar-refractivity contribution >= 4 is 17.3 Å². The summed E-state index contributed by atoms with van der Waals surface area (Å²) >= 11 is 0. The first-order valence-corrected chi connectivity index (χ1v) is 6.57. The minimum absolute atomic E-state index is 0.00678. The summed E-state index contributed by atoms with van der Waals surface area (Å²) in [5.41, 5.74) is 3.60. The first-order chi connectivity index (χ1) is 9.76. The van der Waals surface area contributed by atoms with Crippen molar-refractivity contribution < 1.29 is 22.7 Å². The molecule has 2 rings (SSSR count). The summed E-state index contributed by atoms with van der Waals surface area (Å²) in [6.45, 7) is 0. The van der Waals surface area contributed by atoms with E-state index in [0.29, 0.717) is 0 Å². The summed E-state index contributed by atoms with van der Waals surface area (Å²) in [4.78, 5) is 12.0. The number of hydrogen-bond acceptors (Lipinski definition) is 3. The molecule has 0 atom stereocenters. The maximum atomic E-state index is 12.9. The molecule has 1 aliphatic carbocycles. The summed E-state index contributed by atoms with van der Waals surface area (Å²) in [5, 5.41) is 2.31. The number of carbonyl (C=O) groups excluding carboxylic acids is 1. The molecule has 0 aliphatic heterocycles. The summed E-state index contributed by atoms with van der Waals surface area (Å²) in [5.74, 6) is -0.494. The predicted octanol–water partition coefficient (Wildman–Crippen LogP) is 3.19.